The Kier molecular flexibility index (Phi) is 5.04. The van der Waals surface area contributed by atoms with Gasteiger partial charge in [-0.2, -0.15) is 0 Å². The van der Waals surface area contributed by atoms with E-state index in [2.05, 4.69) is 4.98 Å². The summed E-state index contributed by atoms with van der Waals surface area (Å²) in [4.78, 5) is 42.6. The van der Waals surface area contributed by atoms with Gasteiger partial charge in [-0.1, -0.05) is 18.2 Å². The van der Waals surface area contributed by atoms with E-state index >= 15 is 0 Å². The van der Waals surface area contributed by atoms with Gasteiger partial charge < -0.3 is 19.7 Å². The molecule has 0 bridgehead atoms. The van der Waals surface area contributed by atoms with Crippen molar-refractivity contribution in [2.24, 2.45) is 0 Å². The standard InChI is InChI=1S/C21H21N3O5/c1-13(25)18-12-23(9-10-29-18)19(26)14-7-8-16-17(11-14)22-21(28)24(20(16)27)15-5-3-2-4-6-15/h2-8,11,13,18,25H,9-10,12H2,1H3,(H,22,28). The van der Waals surface area contributed by atoms with Gasteiger partial charge in [-0.3, -0.25) is 9.59 Å². The van der Waals surface area contributed by atoms with Crippen molar-refractivity contribution in [1.82, 2.24) is 14.5 Å². The zero-order valence-electron chi connectivity index (χ0n) is 15.9. The Labute approximate surface area is 166 Å². The first-order valence-electron chi connectivity index (χ1n) is 9.39. The number of hydrogen-bond acceptors (Lipinski definition) is 5. The van der Waals surface area contributed by atoms with Crippen molar-refractivity contribution in [3.8, 4) is 5.69 Å². The number of aromatic amines is 1. The maximum absolute atomic E-state index is 12.9. The van der Waals surface area contributed by atoms with E-state index in [1.54, 1.807) is 54.3 Å². The maximum Gasteiger partial charge on any atom is 0.333 e. The number of ether oxygens (including phenoxy) is 1. The van der Waals surface area contributed by atoms with Crippen LogP contribution in [0.5, 0.6) is 0 Å². The van der Waals surface area contributed by atoms with Crippen molar-refractivity contribution >= 4 is 16.8 Å². The molecule has 150 valence electrons. The van der Waals surface area contributed by atoms with Crippen molar-refractivity contribution in [3.63, 3.8) is 0 Å². The number of para-hydroxylation sites is 1. The van der Waals surface area contributed by atoms with Crippen LogP contribution in [-0.2, 0) is 4.74 Å². The van der Waals surface area contributed by atoms with Gasteiger partial charge in [0.2, 0.25) is 0 Å². The Balaban J connectivity index is 1.71. The van der Waals surface area contributed by atoms with E-state index in [4.69, 9.17) is 4.74 Å². The van der Waals surface area contributed by atoms with Gasteiger partial charge in [0.15, 0.2) is 0 Å². The SMILES string of the molecule is CC(O)C1CN(C(=O)c2ccc3c(=O)n(-c4ccccc4)c(=O)[nH]c3c2)CCO1. The van der Waals surface area contributed by atoms with Gasteiger partial charge in [0.1, 0.15) is 6.10 Å². The Morgan fingerprint density at radius 2 is 1.97 bits per heavy atom. The summed E-state index contributed by atoms with van der Waals surface area (Å²) < 4.78 is 6.55. The third-order valence-corrected chi connectivity index (χ3v) is 5.08. The lowest BCUT2D eigenvalue weighted by molar-refractivity contribution is -0.0745. The van der Waals surface area contributed by atoms with E-state index in [0.29, 0.717) is 35.3 Å². The second-order valence-corrected chi connectivity index (χ2v) is 7.07. The number of carbonyl (C=O) groups excluding carboxylic acids is 1. The number of benzene rings is 2. The van der Waals surface area contributed by atoms with Crippen LogP contribution in [0.2, 0.25) is 0 Å². The summed E-state index contributed by atoms with van der Waals surface area (Å²) in [5.74, 6) is -0.242. The predicted molar refractivity (Wildman–Crippen MR) is 107 cm³/mol. The monoisotopic (exact) mass is 395 g/mol. The molecule has 0 radical (unpaired) electrons. The number of amides is 1. The number of fused-ring (bicyclic) bond motifs is 1. The molecule has 8 nitrogen and oxygen atoms in total. The fraction of sp³-hybridized carbons (Fsp3) is 0.286. The lowest BCUT2D eigenvalue weighted by atomic mass is 10.1. The number of H-pyrrole nitrogens is 1. The number of rotatable bonds is 3. The van der Waals surface area contributed by atoms with Crippen LogP contribution in [0.25, 0.3) is 16.6 Å². The molecule has 3 aromatic rings. The summed E-state index contributed by atoms with van der Waals surface area (Å²) in [7, 11) is 0. The molecule has 2 unspecified atom stereocenters. The molecule has 4 rings (SSSR count). The zero-order chi connectivity index (χ0) is 20.5. The summed E-state index contributed by atoms with van der Waals surface area (Å²) in [5.41, 5.74) is 0.112. The quantitative estimate of drug-likeness (QED) is 0.686. The molecule has 0 spiro atoms. The second kappa shape index (κ2) is 7.65. The lowest BCUT2D eigenvalue weighted by Gasteiger charge is -2.34. The summed E-state index contributed by atoms with van der Waals surface area (Å²) in [6.07, 6.45) is -1.12. The van der Waals surface area contributed by atoms with Crippen LogP contribution < -0.4 is 11.2 Å². The molecule has 1 aromatic heterocycles. The number of nitrogens with one attached hydrogen (secondary N) is 1. The number of aliphatic hydroxyl groups is 1. The summed E-state index contributed by atoms with van der Waals surface area (Å²) >= 11 is 0. The number of aromatic nitrogens is 2. The van der Waals surface area contributed by atoms with Crippen LogP contribution in [-0.4, -0.2) is 57.4 Å². The molecule has 29 heavy (non-hydrogen) atoms. The van der Waals surface area contributed by atoms with Crippen molar-refractivity contribution in [2.45, 2.75) is 19.1 Å². The van der Waals surface area contributed by atoms with Crippen molar-refractivity contribution in [3.05, 3.63) is 74.9 Å². The van der Waals surface area contributed by atoms with Crippen LogP contribution in [0.3, 0.4) is 0 Å². The predicted octanol–water partition coefficient (Wildman–Crippen LogP) is 0.901. The van der Waals surface area contributed by atoms with Crippen LogP contribution in [0.4, 0.5) is 0 Å². The number of aliphatic hydroxyl groups excluding tert-OH is 1. The van der Waals surface area contributed by atoms with E-state index in [-0.39, 0.29) is 12.5 Å². The molecule has 1 amide bonds. The summed E-state index contributed by atoms with van der Waals surface area (Å²) in [6.45, 7) is 2.65. The van der Waals surface area contributed by atoms with E-state index in [1.165, 1.54) is 6.07 Å². The van der Waals surface area contributed by atoms with Crippen molar-refractivity contribution < 1.29 is 14.6 Å². The molecule has 0 saturated carbocycles. The highest BCUT2D eigenvalue weighted by atomic mass is 16.5. The van der Waals surface area contributed by atoms with E-state index in [1.807, 2.05) is 0 Å². The van der Waals surface area contributed by atoms with Gasteiger partial charge in [-0.05, 0) is 37.3 Å². The number of nitrogens with zero attached hydrogens (tertiary/aromatic N) is 2. The summed E-state index contributed by atoms with van der Waals surface area (Å²) in [6, 6.07) is 13.3. The van der Waals surface area contributed by atoms with Crippen molar-refractivity contribution in [2.75, 3.05) is 19.7 Å². The average Bonchev–Trinajstić information content (AvgIpc) is 2.73. The highest BCUT2D eigenvalue weighted by Gasteiger charge is 2.28. The zero-order valence-corrected chi connectivity index (χ0v) is 15.9. The molecule has 2 aromatic carbocycles. The smallest absolute Gasteiger partial charge is 0.333 e. The first-order chi connectivity index (χ1) is 14.0. The average molecular weight is 395 g/mol. The van der Waals surface area contributed by atoms with Gasteiger partial charge in [-0.15, -0.1) is 0 Å². The topological polar surface area (TPSA) is 105 Å². The van der Waals surface area contributed by atoms with Crippen LogP contribution in [0, 0.1) is 0 Å². The van der Waals surface area contributed by atoms with Gasteiger partial charge in [0.25, 0.3) is 11.5 Å². The highest BCUT2D eigenvalue weighted by Crippen LogP contribution is 2.16. The van der Waals surface area contributed by atoms with Crippen LogP contribution in [0.1, 0.15) is 17.3 Å². The Hall–Kier alpha value is -3.23. The maximum atomic E-state index is 12.9. The third kappa shape index (κ3) is 3.59. The largest absolute Gasteiger partial charge is 0.391 e. The Morgan fingerprint density at radius 3 is 2.69 bits per heavy atom. The highest BCUT2D eigenvalue weighted by molar-refractivity contribution is 5.97. The molecule has 2 N–H and O–H groups in total. The molecule has 2 heterocycles. The van der Waals surface area contributed by atoms with Crippen LogP contribution >= 0.6 is 0 Å². The van der Waals surface area contributed by atoms with E-state index < -0.39 is 23.5 Å². The fourth-order valence-corrected chi connectivity index (χ4v) is 3.50. The minimum atomic E-state index is -0.685. The molecule has 8 heteroatoms. The Bertz CT molecular complexity index is 1170. The van der Waals surface area contributed by atoms with Crippen LogP contribution in [0.15, 0.2) is 58.1 Å². The van der Waals surface area contributed by atoms with Crippen molar-refractivity contribution in [1.29, 1.82) is 0 Å². The molecular formula is C21H21N3O5. The van der Waals surface area contributed by atoms with E-state index in [0.717, 1.165) is 4.57 Å². The minimum absolute atomic E-state index is 0.242. The fourth-order valence-electron chi connectivity index (χ4n) is 3.50. The van der Waals surface area contributed by atoms with Gasteiger partial charge in [0, 0.05) is 18.7 Å². The summed E-state index contributed by atoms with van der Waals surface area (Å²) in [5, 5.41) is 10.0. The molecule has 2 atom stereocenters. The first-order valence-corrected chi connectivity index (χ1v) is 9.39. The number of hydrogen-bond donors (Lipinski definition) is 2. The molecular weight excluding hydrogens is 374 g/mol. The van der Waals surface area contributed by atoms with E-state index in [9.17, 15) is 19.5 Å². The molecule has 1 aliphatic heterocycles. The Morgan fingerprint density at radius 1 is 1.21 bits per heavy atom. The molecule has 1 saturated heterocycles. The van der Waals surface area contributed by atoms with Gasteiger partial charge in [-0.25, -0.2) is 9.36 Å². The first kappa shape index (κ1) is 19.1. The lowest BCUT2D eigenvalue weighted by Crippen LogP contribution is -2.49. The van der Waals surface area contributed by atoms with Gasteiger partial charge in [0.05, 0.1) is 29.3 Å². The number of morpholine rings is 1. The third-order valence-electron chi connectivity index (χ3n) is 5.08. The van der Waals surface area contributed by atoms with Gasteiger partial charge >= 0.3 is 5.69 Å². The molecule has 0 aliphatic carbocycles. The molecule has 1 fully saturated rings. The minimum Gasteiger partial charge on any atom is -0.391 e. The molecule has 1 aliphatic rings. The normalized spacial score (nSPS) is 18.0. The second-order valence-electron chi connectivity index (χ2n) is 7.07. The number of carbonyl (C=O) groups is 1.